The number of hydrogen-bond acceptors (Lipinski definition) is 6. The number of carbonyl (C=O) groups excluding carboxylic acids is 2. The number of hydrogen-bond donors (Lipinski definition) is 2. The topological polar surface area (TPSA) is 100 Å². The molecular weight excluding hydrogens is 438 g/mol. The smallest absolute Gasteiger partial charge is 0.234 e. The van der Waals surface area contributed by atoms with Crippen molar-refractivity contribution in [3.05, 3.63) is 63.7 Å². The first-order valence-corrected chi connectivity index (χ1v) is 10.7. The van der Waals surface area contributed by atoms with Gasteiger partial charge in [-0.25, -0.2) is 0 Å². The molecule has 3 rings (SSSR count). The minimum Gasteiger partial charge on any atom is -0.493 e. The summed E-state index contributed by atoms with van der Waals surface area (Å²) in [5.74, 6) is 0.138. The van der Waals surface area contributed by atoms with Gasteiger partial charge in [-0.3, -0.25) is 9.59 Å². The van der Waals surface area contributed by atoms with Crippen LogP contribution >= 0.6 is 23.4 Å². The fourth-order valence-corrected chi connectivity index (χ4v) is 4.26. The third-order valence-corrected chi connectivity index (χ3v) is 5.87. The third kappa shape index (κ3) is 5.51. The molecule has 0 aliphatic carbocycles. The molecule has 0 bridgehead atoms. The number of ether oxygens (including phenoxy) is 2. The Morgan fingerprint density at radius 2 is 2.03 bits per heavy atom. The molecule has 0 saturated heterocycles. The second-order valence-electron chi connectivity index (χ2n) is 6.62. The predicted octanol–water partition coefficient (Wildman–Crippen LogP) is 4.07. The number of nitriles is 1. The van der Waals surface area contributed by atoms with Gasteiger partial charge in [0.25, 0.3) is 0 Å². The molecule has 2 N–H and O–H groups in total. The minimum absolute atomic E-state index is 0.0198. The molecule has 31 heavy (non-hydrogen) atoms. The van der Waals surface area contributed by atoms with Crippen molar-refractivity contribution in [1.82, 2.24) is 5.32 Å². The second kappa shape index (κ2) is 10.2. The van der Waals surface area contributed by atoms with Gasteiger partial charge in [0.1, 0.15) is 0 Å². The summed E-state index contributed by atoms with van der Waals surface area (Å²) >= 11 is 7.04. The summed E-state index contributed by atoms with van der Waals surface area (Å²) in [4.78, 5) is 24.7. The Balaban J connectivity index is 1.80. The summed E-state index contributed by atoms with van der Waals surface area (Å²) in [5.41, 5.74) is 1.72. The molecule has 1 aliphatic heterocycles. The molecular formula is C22H20ClN3O4S. The lowest BCUT2D eigenvalue weighted by molar-refractivity contribution is -0.121. The Morgan fingerprint density at radius 3 is 2.71 bits per heavy atom. The quantitative estimate of drug-likeness (QED) is 0.650. The van der Waals surface area contributed by atoms with Crippen LogP contribution in [0, 0.1) is 11.3 Å². The number of halogens is 1. The van der Waals surface area contributed by atoms with Gasteiger partial charge < -0.3 is 20.1 Å². The van der Waals surface area contributed by atoms with E-state index in [4.69, 9.17) is 21.1 Å². The number of rotatable bonds is 7. The zero-order valence-corrected chi connectivity index (χ0v) is 18.5. The van der Waals surface area contributed by atoms with Gasteiger partial charge in [-0.05, 0) is 35.9 Å². The molecule has 9 heteroatoms. The molecule has 7 nitrogen and oxygen atoms in total. The van der Waals surface area contributed by atoms with E-state index in [1.807, 2.05) is 0 Å². The van der Waals surface area contributed by atoms with Gasteiger partial charge in [0.05, 0.1) is 36.6 Å². The summed E-state index contributed by atoms with van der Waals surface area (Å²) in [5, 5.41) is 16.1. The molecule has 2 aromatic carbocycles. The molecule has 0 fully saturated rings. The molecule has 160 valence electrons. The number of methoxy groups -OCH3 is 2. The first-order valence-electron chi connectivity index (χ1n) is 9.29. The standard InChI is InChI=1S/C22H20ClN3O4S/c1-29-18-7-6-13(8-19(18)30-2)16-10-20(27)26-22(17(16)11-24)31-12-21(28)25-15-5-3-4-14(23)9-15/h3-9,16H,10,12H2,1-2H3,(H,25,28)(H,26,27). The van der Waals surface area contributed by atoms with Crippen LogP contribution in [0.1, 0.15) is 17.9 Å². The van der Waals surface area contributed by atoms with E-state index in [1.54, 1.807) is 42.5 Å². The Morgan fingerprint density at radius 1 is 1.26 bits per heavy atom. The highest BCUT2D eigenvalue weighted by Crippen LogP contribution is 2.39. The Kier molecular flexibility index (Phi) is 7.45. The van der Waals surface area contributed by atoms with Crippen LogP contribution in [0.4, 0.5) is 5.69 Å². The fraction of sp³-hybridized carbons (Fsp3) is 0.227. The number of thioether (sulfide) groups is 1. The number of nitrogens with zero attached hydrogens (tertiary/aromatic N) is 1. The van der Waals surface area contributed by atoms with Crippen LogP contribution in [0.5, 0.6) is 11.5 Å². The molecule has 1 heterocycles. The minimum atomic E-state index is -0.447. The van der Waals surface area contributed by atoms with Crippen molar-refractivity contribution in [3.8, 4) is 17.6 Å². The largest absolute Gasteiger partial charge is 0.493 e. The van der Waals surface area contributed by atoms with E-state index in [1.165, 1.54) is 14.2 Å². The predicted molar refractivity (Wildman–Crippen MR) is 120 cm³/mol. The summed E-state index contributed by atoms with van der Waals surface area (Å²) in [6.45, 7) is 0. The normalized spacial score (nSPS) is 15.7. The monoisotopic (exact) mass is 457 g/mol. The Bertz CT molecular complexity index is 1080. The number of benzene rings is 2. The lowest BCUT2D eigenvalue weighted by Crippen LogP contribution is -2.31. The number of anilines is 1. The van der Waals surface area contributed by atoms with Crippen LogP contribution in [-0.2, 0) is 9.59 Å². The zero-order chi connectivity index (χ0) is 22.4. The maximum absolute atomic E-state index is 12.3. The van der Waals surface area contributed by atoms with E-state index >= 15 is 0 Å². The van der Waals surface area contributed by atoms with Crippen LogP contribution in [0.15, 0.2) is 53.1 Å². The van der Waals surface area contributed by atoms with E-state index in [-0.39, 0.29) is 24.0 Å². The van der Waals surface area contributed by atoms with E-state index in [0.29, 0.717) is 32.8 Å². The first kappa shape index (κ1) is 22.5. The van der Waals surface area contributed by atoms with E-state index in [2.05, 4.69) is 16.7 Å². The van der Waals surface area contributed by atoms with E-state index < -0.39 is 5.92 Å². The van der Waals surface area contributed by atoms with Crippen LogP contribution < -0.4 is 20.1 Å². The lowest BCUT2D eigenvalue weighted by atomic mass is 9.87. The zero-order valence-electron chi connectivity index (χ0n) is 16.9. The summed E-state index contributed by atoms with van der Waals surface area (Å²) < 4.78 is 10.6. The highest BCUT2D eigenvalue weighted by molar-refractivity contribution is 8.03. The highest BCUT2D eigenvalue weighted by Gasteiger charge is 2.30. The fourth-order valence-electron chi connectivity index (χ4n) is 3.19. The van der Waals surface area contributed by atoms with Crippen LogP contribution in [0.3, 0.4) is 0 Å². The summed E-state index contributed by atoms with van der Waals surface area (Å²) in [6.07, 6.45) is 0.122. The number of carbonyl (C=O) groups is 2. The average molecular weight is 458 g/mol. The molecule has 0 spiro atoms. The molecule has 1 aliphatic rings. The van der Waals surface area contributed by atoms with Gasteiger partial charge in [0.2, 0.25) is 11.8 Å². The highest BCUT2D eigenvalue weighted by atomic mass is 35.5. The average Bonchev–Trinajstić information content (AvgIpc) is 2.76. The van der Waals surface area contributed by atoms with Gasteiger partial charge >= 0.3 is 0 Å². The van der Waals surface area contributed by atoms with Crippen molar-refractivity contribution < 1.29 is 19.1 Å². The van der Waals surface area contributed by atoms with Crippen molar-refractivity contribution in [1.29, 1.82) is 5.26 Å². The molecule has 1 unspecified atom stereocenters. The van der Waals surface area contributed by atoms with Crippen molar-refractivity contribution in [2.75, 3.05) is 25.3 Å². The lowest BCUT2D eigenvalue weighted by Gasteiger charge is -2.25. The molecule has 2 amide bonds. The van der Waals surface area contributed by atoms with Crippen molar-refractivity contribution in [2.24, 2.45) is 0 Å². The molecule has 1 atom stereocenters. The Hall–Kier alpha value is -3.15. The number of amides is 2. The van der Waals surface area contributed by atoms with Crippen molar-refractivity contribution in [2.45, 2.75) is 12.3 Å². The maximum atomic E-state index is 12.3. The van der Waals surface area contributed by atoms with E-state index in [9.17, 15) is 14.9 Å². The van der Waals surface area contributed by atoms with Gasteiger partial charge in [0.15, 0.2) is 11.5 Å². The van der Waals surface area contributed by atoms with Gasteiger partial charge in [0, 0.05) is 23.0 Å². The molecule has 0 radical (unpaired) electrons. The third-order valence-electron chi connectivity index (χ3n) is 4.62. The molecule has 2 aromatic rings. The number of nitrogens with one attached hydrogen (secondary N) is 2. The van der Waals surface area contributed by atoms with Crippen LogP contribution in [0.2, 0.25) is 5.02 Å². The van der Waals surface area contributed by atoms with Gasteiger partial charge in [-0.2, -0.15) is 5.26 Å². The first-order chi connectivity index (χ1) is 14.9. The van der Waals surface area contributed by atoms with Crippen molar-refractivity contribution >= 4 is 40.9 Å². The maximum Gasteiger partial charge on any atom is 0.234 e. The van der Waals surface area contributed by atoms with Crippen LogP contribution in [-0.4, -0.2) is 31.8 Å². The second-order valence-corrected chi connectivity index (χ2v) is 8.04. The van der Waals surface area contributed by atoms with Crippen molar-refractivity contribution in [3.63, 3.8) is 0 Å². The molecule has 0 aromatic heterocycles. The number of allylic oxidation sites excluding steroid dienone is 1. The molecule has 0 saturated carbocycles. The Labute approximate surface area is 189 Å². The van der Waals surface area contributed by atoms with Crippen LogP contribution in [0.25, 0.3) is 0 Å². The summed E-state index contributed by atoms with van der Waals surface area (Å²) in [6, 6.07) is 14.3. The summed E-state index contributed by atoms with van der Waals surface area (Å²) in [7, 11) is 3.06. The van der Waals surface area contributed by atoms with Gasteiger partial charge in [-0.1, -0.05) is 35.5 Å². The van der Waals surface area contributed by atoms with E-state index in [0.717, 1.165) is 17.3 Å². The van der Waals surface area contributed by atoms with Gasteiger partial charge in [-0.15, -0.1) is 0 Å². The SMILES string of the molecule is COc1ccc(C2CC(=O)NC(SCC(=O)Nc3cccc(Cl)c3)=C2C#N)cc1OC.